The Hall–Kier alpha value is -12.2. The van der Waals surface area contributed by atoms with Crippen molar-refractivity contribution in [2.75, 3.05) is 0 Å². The molecular formula is C90H54. The monoisotopic (exact) mass is 1130 g/mol. The van der Waals surface area contributed by atoms with E-state index < -0.39 is 0 Å². The Bertz CT molecular complexity index is 5750. The number of hydrogen-bond donors (Lipinski definition) is 0. The van der Waals surface area contributed by atoms with Gasteiger partial charge in [-0.3, -0.25) is 0 Å². The van der Waals surface area contributed by atoms with Gasteiger partial charge in [0.2, 0.25) is 0 Å². The Morgan fingerprint density at radius 2 is 0.222 bits per heavy atom. The van der Waals surface area contributed by atoms with E-state index >= 15 is 0 Å². The second-order valence-corrected chi connectivity index (χ2v) is 23.3. The van der Waals surface area contributed by atoms with Crippen LogP contribution in [0.25, 0.3) is 129 Å². The minimum Gasteiger partial charge on any atom is -0.0616 e. The van der Waals surface area contributed by atoms with Crippen LogP contribution >= 0.6 is 0 Å². The van der Waals surface area contributed by atoms with Crippen molar-refractivity contribution in [1.82, 2.24) is 0 Å². The van der Waals surface area contributed by atoms with Crippen LogP contribution in [-0.2, 0) is 0 Å². The maximum Gasteiger partial charge on any atom is 0.0255 e. The molecule has 90 heavy (non-hydrogen) atoms. The number of fused-ring (bicyclic) bond motifs is 12. The van der Waals surface area contributed by atoms with Crippen LogP contribution in [0.3, 0.4) is 0 Å². The van der Waals surface area contributed by atoms with Crippen LogP contribution in [-0.4, -0.2) is 0 Å². The number of hydrogen-bond acceptors (Lipinski definition) is 0. The summed E-state index contributed by atoms with van der Waals surface area (Å²) in [6.07, 6.45) is 0. The average Bonchev–Trinajstić information content (AvgIpc) is 1.37. The molecule has 0 aromatic heterocycles. The fourth-order valence-electron chi connectivity index (χ4n) is 12.5. The highest BCUT2D eigenvalue weighted by atomic mass is 14.1. The predicted molar refractivity (Wildman–Crippen MR) is 387 cm³/mol. The Labute approximate surface area is 522 Å². The molecule has 18 aromatic rings. The molecule has 0 fully saturated rings. The van der Waals surface area contributed by atoms with Gasteiger partial charge < -0.3 is 0 Å². The van der Waals surface area contributed by atoms with Gasteiger partial charge in [0.15, 0.2) is 0 Å². The second kappa shape index (κ2) is 23.2. The highest BCUT2D eigenvalue weighted by Crippen LogP contribution is 2.32. The summed E-state index contributed by atoms with van der Waals surface area (Å²) in [6.45, 7) is 0. The predicted octanol–water partition coefficient (Wildman–Crippen LogP) is 23.1. The van der Waals surface area contributed by atoms with Crippen LogP contribution in [0, 0.1) is 35.5 Å². The molecule has 0 saturated heterocycles. The van der Waals surface area contributed by atoms with E-state index in [1.165, 1.54) is 129 Å². The van der Waals surface area contributed by atoms with Crippen molar-refractivity contribution < 1.29 is 0 Å². The Morgan fingerprint density at radius 3 is 0.433 bits per heavy atom. The highest BCUT2D eigenvalue weighted by Gasteiger charge is 2.06. The molecule has 0 N–H and O–H groups in total. The van der Waals surface area contributed by atoms with E-state index in [1.807, 2.05) is 0 Å². The third-order valence-corrected chi connectivity index (χ3v) is 17.3. The molecule has 0 atom stereocenters. The van der Waals surface area contributed by atoms with E-state index in [0.717, 1.165) is 33.4 Å². The van der Waals surface area contributed by atoms with Gasteiger partial charge in [-0.05, 0) is 275 Å². The molecule has 0 bridgehead atoms. The smallest absolute Gasteiger partial charge is 0.0255 e. The normalized spacial score (nSPS) is 11.1. The van der Waals surface area contributed by atoms with Gasteiger partial charge in [-0.2, -0.15) is 0 Å². The van der Waals surface area contributed by atoms with Crippen LogP contribution in [0.2, 0.25) is 0 Å². The molecule has 0 heteroatoms. The van der Waals surface area contributed by atoms with Gasteiger partial charge in [-0.1, -0.05) is 218 Å². The largest absolute Gasteiger partial charge is 0.0616 e. The quantitative estimate of drug-likeness (QED) is 0.105. The molecular weight excluding hydrogens is 1080 g/mol. The van der Waals surface area contributed by atoms with Gasteiger partial charge in [0.1, 0.15) is 0 Å². The van der Waals surface area contributed by atoms with Gasteiger partial charge in [0.25, 0.3) is 0 Å². The van der Waals surface area contributed by atoms with E-state index in [2.05, 4.69) is 363 Å². The number of benzene rings is 18. The summed E-state index contributed by atoms with van der Waals surface area (Å²) in [5, 5.41) is 30.0. The van der Waals surface area contributed by atoms with E-state index in [4.69, 9.17) is 0 Å². The summed E-state index contributed by atoms with van der Waals surface area (Å²) in [4.78, 5) is 0. The SMILES string of the molecule is C(#Cc1ccc2cc3cc4ccccc4cc3cc2c1)c1ccc2cc3cc4ccccc4cc3cc2c1.C(#Cc1ccc2cc3ccccc3cc2c1)c1ccc2cc3ccccc3cc2c1.C(#Cc1ccc2ccccc2c1)c1ccc2ccccc2c1. The Morgan fingerprint density at radius 1 is 0.100 bits per heavy atom. The molecule has 18 aromatic carbocycles. The van der Waals surface area contributed by atoms with Crippen molar-refractivity contribution >= 4 is 129 Å². The summed E-state index contributed by atoms with van der Waals surface area (Å²) < 4.78 is 0. The highest BCUT2D eigenvalue weighted by molar-refractivity contribution is 6.07. The van der Waals surface area contributed by atoms with Crippen LogP contribution < -0.4 is 0 Å². The lowest BCUT2D eigenvalue weighted by Crippen LogP contribution is -1.82. The summed E-state index contributed by atoms with van der Waals surface area (Å²) in [5.74, 6) is 20.1. The minimum absolute atomic E-state index is 1.03. The molecule has 0 nitrogen and oxygen atoms in total. The summed E-state index contributed by atoms with van der Waals surface area (Å²) in [7, 11) is 0. The Balaban J connectivity index is 0.000000112. The number of rotatable bonds is 0. The van der Waals surface area contributed by atoms with Crippen molar-refractivity contribution in [1.29, 1.82) is 0 Å². The summed E-state index contributed by atoms with van der Waals surface area (Å²) in [5.41, 5.74) is 6.23. The van der Waals surface area contributed by atoms with Crippen molar-refractivity contribution in [3.8, 4) is 35.5 Å². The van der Waals surface area contributed by atoms with Gasteiger partial charge in [-0.15, -0.1) is 0 Å². The van der Waals surface area contributed by atoms with E-state index in [1.54, 1.807) is 0 Å². The minimum atomic E-state index is 1.03. The third kappa shape index (κ3) is 11.2. The van der Waals surface area contributed by atoms with Gasteiger partial charge in [-0.25, -0.2) is 0 Å². The zero-order valence-electron chi connectivity index (χ0n) is 49.2. The van der Waals surface area contributed by atoms with E-state index in [9.17, 15) is 0 Å². The van der Waals surface area contributed by atoms with E-state index in [-0.39, 0.29) is 0 Å². The first kappa shape index (κ1) is 53.2. The molecule has 414 valence electrons. The standard InChI is InChI=1S/C38H22.C30H18.C22H14/c1-3-7-29-19-37-23-33-15-25(11-13-31(33)21-35(37)17-27(29)5-1)9-10-26-12-14-32-22-36-18-28-6-2-4-8-30(28)20-38(36)24-34(32)16-26;1-3-7-25-19-29-15-21(11-13-27(29)17-23(25)5-1)9-10-22-12-14-28-18-24-6-2-4-8-26(24)20-30(28)16-22;1-3-7-21-15-17(11-13-19(21)5-1)9-10-18-12-14-20-6-2-4-8-22(20)16-18/h1-8,11-24H;1-8,11-20H;1-8,11-16H. The molecule has 0 heterocycles. The lowest BCUT2D eigenvalue weighted by atomic mass is 9.98. The van der Waals surface area contributed by atoms with Crippen molar-refractivity contribution in [3.05, 3.63) is 361 Å². The molecule has 0 aliphatic heterocycles. The molecule has 0 spiro atoms. The van der Waals surface area contributed by atoms with Gasteiger partial charge in [0.05, 0.1) is 0 Å². The molecule has 0 amide bonds. The molecule has 0 aliphatic carbocycles. The average molecular weight is 1140 g/mol. The third-order valence-electron chi connectivity index (χ3n) is 17.3. The Kier molecular flexibility index (Phi) is 13.7. The fourth-order valence-corrected chi connectivity index (χ4v) is 12.5. The van der Waals surface area contributed by atoms with Gasteiger partial charge in [0, 0.05) is 33.4 Å². The molecule has 18 rings (SSSR count). The zero-order valence-corrected chi connectivity index (χ0v) is 49.2. The molecule has 0 unspecified atom stereocenters. The van der Waals surface area contributed by atoms with E-state index in [0.29, 0.717) is 0 Å². The first-order valence-corrected chi connectivity index (χ1v) is 30.6. The lowest BCUT2D eigenvalue weighted by Gasteiger charge is -2.06. The maximum atomic E-state index is 3.41. The maximum absolute atomic E-state index is 3.41. The lowest BCUT2D eigenvalue weighted by molar-refractivity contribution is 1.67. The first-order valence-electron chi connectivity index (χ1n) is 30.6. The topological polar surface area (TPSA) is 0 Å². The van der Waals surface area contributed by atoms with Crippen molar-refractivity contribution in [3.63, 3.8) is 0 Å². The molecule has 0 radical (unpaired) electrons. The zero-order chi connectivity index (χ0) is 59.7. The van der Waals surface area contributed by atoms with Crippen LogP contribution in [0.1, 0.15) is 33.4 Å². The summed E-state index contributed by atoms with van der Waals surface area (Å²) >= 11 is 0. The second-order valence-electron chi connectivity index (χ2n) is 23.3. The fraction of sp³-hybridized carbons (Fsp3) is 0. The van der Waals surface area contributed by atoms with Crippen LogP contribution in [0.5, 0.6) is 0 Å². The van der Waals surface area contributed by atoms with Crippen molar-refractivity contribution in [2.24, 2.45) is 0 Å². The van der Waals surface area contributed by atoms with Crippen molar-refractivity contribution in [2.45, 2.75) is 0 Å². The first-order chi connectivity index (χ1) is 44.4. The molecule has 0 saturated carbocycles. The van der Waals surface area contributed by atoms with Gasteiger partial charge >= 0.3 is 0 Å². The molecule has 0 aliphatic rings. The summed E-state index contributed by atoms with van der Waals surface area (Å²) in [6, 6.07) is 117. The van der Waals surface area contributed by atoms with Crippen LogP contribution in [0.4, 0.5) is 0 Å². The van der Waals surface area contributed by atoms with Crippen LogP contribution in [0.15, 0.2) is 328 Å².